The topological polar surface area (TPSA) is 117 Å². The molecule has 1 aliphatic carbocycles. The van der Waals surface area contributed by atoms with Gasteiger partial charge in [-0.25, -0.2) is 0 Å². The zero-order valence-electron chi connectivity index (χ0n) is 18.2. The molecule has 0 radical (unpaired) electrons. The molecular formula is C24H28N6O2. The van der Waals surface area contributed by atoms with Crippen molar-refractivity contribution in [2.24, 2.45) is 0 Å². The molecule has 166 valence electrons. The quantitative estimate of drug-likeness (QED) is 0.550. The first-order valence-electron chi connectivity index (χ1n) is 10.9. The highest BCUT2D eigenvalue weighted by Crippen LogP contribution is 2.38. The lowest BCUT2D eigenvalue weighted by Gasteiger charge is -2.45. The Morgan fingerprint density at radius 1 is 1.06 bits per heavy atom. The second kappa shape index (κ2) is 9.21. The van der Waals surface area contributed by atoms with E-state index in [1.54, 1.807) is 4.90 Å². The van der Waals surface area contributed by atoms with Gasteiger partial charge in [0.2, 0.25) is 11.9 Å². The van der Waals surface area contributed by atoms with Crippen LogP contribution in [-0.4, -0.2) is 32.5 Å². The molecule has 0 aliphatic heterocycles. The fourth-order valence-electron chi connectivity index (χ4n) is 4.46. The van der Waals surface area contributed by atoms with Crippen molar-refractivity contribution in [3.05, 3.63) is 66.0 Å². The van der Waals surface area contributed by atoms with Crippen LogP contribution < -0.4 is 16.0 Å². The Bertz CT molecular complexity index is 1090. The first-order chi connectivity index (χ1) is 15.5. The third-order valence-electron chi connectivity index (χ3n) is 6.06. The first-order valence-corrected chi connectivity index (χ1v) is 10.9. The van der Waals surface area contributed by atoms with Gasteiger partial charge < -0.3 is 11.1 Å². The molecule has 3 aromatic rings. The summed E-state index contributed by atoms with van der Waals surface area (Å²) in [5.74, 6) is 0.0670. The molecule has 8 heteroatoms. The maximum atomic E-state index is 13.9. The van der Waals surface area contributed by atoms with Crippen molar-refractivity contribution in [1.82, 2.24) is 15.2 Å². The van der Waals surface area contributed by atoms with Gasteiger partial charge in [0.25, 0.3) is 5.91 Å². The van der Waals surface area contributed by atoms with E-state index in [2.05, 4.69) is 20.5 Å². The van der Waals surface area contributed by atoms with Gasteiger partial charge in [-0.05, 0) is 43.5 Å². The standard InChI is InChI=1S/C24H28N6O2/c1-17-10-6-7-13-19(17)26-22(32)24(14-8-3-9-15-24)30(18-11-4-2-5-12-18)21(31)16-20-27-23(25)29-28-20/h2,4-7,10-13H,3,8-9,14-16H2,1H3,(H,26,32)(H3,25,27,28,29). The summed E-state index contributed by atoms with van der Waals surface area (Å²) >= 11 is 0. The number of anilines is 3. The molecule has 1 aromatic heterocycles. The van der Waals surface area contributed by atoms with Crippen LogP contribution in [0.5, 0.6) is 0 Å². The number of carbonyl (C=O) groups is 2. The highest BCUT2D eigenvalue weighted by molar-refractivity contribution is 6.08. The van der Waals surface area contributed by atoms with Gasteiger partial charge in [-0.1, -0.05) is 55.7 Å². The minimum absolute atomic E-state index is 0.0293. The first kappa shape index (κ1) is 21.5. The molecule has 4 N–H and O–H groups in total. The Hall–Kier alpha value is -3.68. The predicted molar refractivity (Wildman–Crippen MR) is 124 cm³/mol. The molecule has 8 nitrogen and oxygen atoms in total. The molecule has 0 spiro atoms. The van der Waals surface area contributed by atoms with Crippen molar-refractivity contribution in [2.75, 3.05) is 16.0 Å². The third-order valence-corrected chi connectivity index (χ3v) is 6.06. The summed E-state index contributed by atoms with van der Waals surface area (Å²) in [7, 11) is 0. The lowest BCUT2D eigenvalue weighted by molar-refractivity contribution is -0.128. The van der Waals surface area contributed by atoms with E-state index in [0.29, 0.717) is 24.4 Å². The molecule has 0 atom stereocenters. The van der Waals surface area contributed by atoms with Crippen LogP contribution in [0.2, 0.25) is 0 Å². The van der Waals surface area contributed by atoms with Crippen LogP contribution in [0.1, 0.15) is 43.5 Å². The van der Waals surface area contributed by atoms with Gasteiger partial charge in [0.1, 0.15) is 11.4 Å². The van der Waals surface area contributed by atoms with Crippen molar-refractivity contribution in [3.8, 4) is 0 Å². The Kier molecular flexibility index (Phi) is 6.20. The molecule has 4 rings (SSSR count). The maximum absolute atomic E-state index is 13.9. The summed E-state index contributed by atoms with van der Waals surface area (Å²) in [6, 6.07) is 17.0. The molecule has 2 amide bonds. The highest BCUT2D eigenvalue weighted by Gasteiger charge is 2.48. The van der Waals surface area contributed by atoms with Gasteiger partial charge in [-0.2, -0.15) is 4.98 Å². The van der Waals surface area contributed by atoms with E-state index in [9.17, 15) is 9.59 Å². The number of H-pyrrole nitrogens is 1. The minimum atomic E-state index is -0.996. The number of nitrogens with zero attached hydrogens (tertiary/aromatic N) is 3. The number of benzene rings is 2. The van der Waals surface area contributed by atoms with Crippen LogP contribution in [0.15, 0.2) is 54.6 Å². The van der Waals surface area contributed by atoms with E-state index in [0.717, 1.165) is 30.5 Å². The van der Waals surface area contributed by atoms with E-state index >= 15 is 0 Å². The van der Waals surface area contributed by atoms with E-state index < -0.39 is 5.54 Å². The zero-order chi connectivity index (χ0) is 22.6. The smallest absolute Gasteiger partial charge is 0.250 e. The number of para-hydroxylation sites is 2. The van der Waals surface area contributed by atoms with Crippen LogP contribution in [-0.2, 0) is 16.0 Å². The van der Waals surface area contributed by atoms with Gasteiger partial charge >= 0.3 is 0 Å². The summed E-state index contributed by atoms with van der Waals surface area (Å²) in [5.41, 5.74) is 7.04. The molecule has 1 fully saturated rings. The van der Waals surface area contributed by atoms with Crippen LogP contribution in [0, 0.1) is 6.92 Å². The van der Waals surface area contributed by atoms with E-state index in [4.69, 9.17) is 5.73 Å². The number of nitrogens with one attached hydrogen (secondary N) is 2. The Morgan fingerprint density at radius 3 is 2.41 bits per heavy atom. The van der Waals surface area contributed by atoms with E-state index in [1.165, 1.54) is 0 Å². The molecule has 1 heterocycles. The molecule has 0 bridgehead atoms. The number of hydrogen-bond acceptors (Lipinski definition) is 5. The van der Waals surface area contributed by atoms with E-state index in [-0.39, 0.29) is 24.2 Å². The highest BCUT2D eigenvalue weighted by atomic mass is 16.2. The molecule has 1 saturated carbocycles. The van der Waals surface area contributed by atoms with Gasteiger partial charge in [0, 0.05) is 11.4 Å². The number of nitrogens with two attached hydrogens (primary N) is 1. The minimum Gasteiger partial charge on any atom is -0.367 e. The predicted octanol–water partition coefficient (Wildman–Crippen LogP) is 3.61. The summed E-state index contributed by atoms with van der Waals surface area (Å²) in [4.78, 5) is 33.3. The second-order valence-corrected chi connectivity index (χ2v) is 8.24. The average molecular weight is 433 g/mol. The van der Waals surface area contributed by atoms with Gasteiger partial charge in [-0.3, -0.25) is 19.6 Å². The molecule has 32 heavy (non-hydrogen) atoms. The Morgan fingerprint density at radius 2 is 1.75 bits per heavy atom. The normalized spacial score (nSPS) is 15.2. The monoisotopic (exact) mass is 432 g/mol. The summed E-state index contributed by atoms with van der Waals surface area (Å²) in [5, 5.41) is 9.63. The van der Waals surface area contributed by atoms with Crippen molar-refractivity contribution in [1.29, 1.82) is 0 Å². The maximum Gasteiger partial charge on any atom is 0.250 e. The second-order valence-electron chi connectivity index (χ2n) is 8.24. The van der Waals surface area contributed by atoms with Gasteiger partial charge in [0.15, 0.2) is 0 Å². The van der Waals surface area contributed by atoms with Gasteiger partial charge in [-0.15, -0.1) is 5.10 Å². The number of hydrogen-bond donors (Lipinski definition) is 3. The number of aromatic nitrogens is 3. The SMILES string of the molecule is Cc1ccccc1NC(=O)C1(N(C(=O)Cc2nc(N)n[nH]2)c2ccccc2)CCCCC1. The molecule has 0 saturated heterocycles. The third kappa shape index (κ3) is 4.34. The Labute approximate surface area is 187 Å². The molecule has 0 unspecified atom stereocenters. The number of aryl methyl sites for hydroxylation is 1. The van der Waals surface area contributed by atoms with Gasteiger partial charge in [0.05, 0.1) is 6.42 Å². The van der Waals surface area contributed by atoms with Crippen LogP contribution >= 0.6 is 0 Å². The molecule has 1 aliphatic rings. The zero-order valence-corrected chi connectivity index (χ0v) is 18.2. The number of nitrogen functional groups attached to an aromatic ring is 1. The van der Waals surface area contributed by atoms with Crippen molar-refractivity contribution < 1.29 is 9.59 Å². The average Bonchev–Trinajstić information content (AvgIpc) is 3.21. The summed E-state index contributed by atoms with van der Waals surface area (Å²) < 4.78 is 0. The largest absolute Gasteiger partial charge is 0.367 e. The van der Waals surface area contributed by atoms with Crippen LogP contribution in [0.3, 0.4) is 0 Å². The van der Waals surface area contributed by atoms with Crippen molar-refractivity contribution >= 4 is 29.1 Å². The van der Waals surface area contributed by atoms with Crippen LogP contribution in [0.4, 0.5) is 17.3 Å². The van der Waals surface area contributed by atoms with Crippen LogP contribution in [0.25, 0.3) is 0 Å². The fourth-order valence-corrected chi connectivity index (χ4v) is 4.46. The van der Waals surface area contributed by atoms with Crippen molar-refractivity contribution in [3.63, 3.8) is 0 Å². The summed E-state index contributed by atoms with van der Waals surface area (Å²) in [6.07, 6.45) is 3.92. The number of aromatic amines is 1. The molecular weight excluding hydrogens is 404 g/mol. The number of rotatable bonds is 6. The fraction of sp³-hybridized carbons (Fsp3) is 0.333. The van der Waals surface area contributed by atoms with Crippen molar-refractivity contribution in [2.45, 2.75) is 51.0 Å². The number of carbonyl (C=O) groups excluding carboxylic acids is 2. The number of amides is 2. The lowest BCUT2D eigenvalue weighted by atomic mass is 9.78. The lowest BCUT2D eigenvalue weighted by Crippen LogP contribution is -2.61. The van der Waals surface area contributed by atoms with E-state index in [1.807, 2.05) is 61.5 Å². The molecule has 2 aromatic carbocycles. The summed E-state index contributed by atoms with van der Waals surface area (Å²) in [6.45, 7) is 1.96. The Balaban J connectivity index is 1.74.